The Morgan fingerprint density at radius 3 is 2.36 bits per heavy atom. The number of carbonyl (C=O) groups excluding carboxylic acids is 1. The highest BCUT2D eigenvalue weighted by atomic mass is 19.1. The molecule has 1 aromatic heterocycles. The van der Waals surface area contributed by atoms with Crippen LogP contribution in [0.1, 0.15) is 21.6 Å². The average molecular weight is 336 g/mol. The Labute approximate surface area is 145 Å². The minimum absolute atomic E-state index is 0.238. The van der Waals surface area contributed by atoms with E-state index in [0.29, 0.717) is 11.5 Å². The second kappa shape index (κ2) is 7.09. The van der Waals surface area contributed by atoms with Gasteiger partial charge in [0.2, 0.25) is 0 Å². The van der Waals surface area contributed by atoms with Gasteiger partial charge in [-0.25, -0.2) is 14.4 Å². The SMILES string of the molecule is Cc1cccc(C)c1NC(=O)c1cc(Nc2ccc(F)cc2)ncn1. The topological polar surface area (TPSA) is 66.9 Å². The number of rotatable bonds is 4. The number of aromatic nitrogens is 2. The number of hydrogen-bond acceptors (Lipinski definition) is 4. The van der Waals surface area contributed by atoms with Gasteiger partial charge in [0.25, 0.3) is 5.91 Å². The summed E-state index contributed by atoms with van der Waals surface area (Å²) < 4.78 is 13.0. The lowest BCUT2D eigenvalue weighted by Crippen LogP contribution is -2.15. The lowest BCUT2D eigenvalue weighted by Gasteiger charge is -2.11. The first-order valence-corrected chi connectivity index (χ1v) is 7.75. The van der Waals surface area contributed by atoms with Crippen molar-refractivity contribution >= 4 is 23.1 Å². The number of anilines is 3. The summed E-state index contributed by atoms with van der Waals surface area (Å²) >= 11 is 0. The zero-order valence-electron chi connectivity index (χ0n) is 13.9. The molecular weight excluding hydrogens is 319 g/mol. The summed E-state index contributed by atoms with van der Waals surface area (Å²) in [6.45, 7) is 3.87. The molecule has 2 aromatic carbocycles. The number of hydrogen-bond donors (Lipinski definition) is 2. The van der Waals surface area contributed by atoms with Gasteiger partial charge in [0.05, 0.1) is 0 Å². The first-order valence-electron chi connectivity index (χ1n) is 7.75. The first kappa shape index (κ1) is 16.6. The van der Waals surface area contributed by atoms with Gasteiger partial charge < -0.3 is 10.6 Å². The van der Waals surface area contributed by atoms with E-state index in [1.165, 1.54) is 18.5 Å². The van der Waals surface area contributed by atoms with Crippen LogP contribution in [0.15, 0.2) is 54.9 Å². The van der Waals surface area contributed by atoms with Crippen LogP contribution >= 0.6 is 0 Å². The predicted molar refractivity (Wildman–Crippen MR) is 95.6 cm³/mol. The molecule has 0 aliphatic rings. The molecule has 0 aliphatic heterocycles. The molecule has 0 spiro atoms. The summed E-state index contributed by atoms with van der Waals surface area (Å²) in [5.74, 6) is -0.183. The van der Waals surface area contributed by atoms with Crippen LogP contribution < -0.4 is 10.6 Å². The molecule has 6 heteroatoms. The summed E-state index contributed by atoms with van der Waals surface area (Å²) in [6, 6.07) is 13.2. The highest BCUT2D eigenvalue weighted by Gasteiger charge is 2.12. The monoisotopic (exact) mass is 336 g/mol. The highest BCUT2D eigenvalue weighted by molar-refractivity contribution is 6.04. The molecule has 0 unspecified atom stereocenters. The summed E-state index contributed by atoms with van der Waals surface area (Å²) in [7, 11) is 0. The Bertz CT molecular complexity index is 889. The summed E-state index contributed by atoms with van der Waals surface area (Å²) in [5, 5.41) is 5.90. The molecule has 1 heterocycles. The second-order valence-corrected chi connectivity index (χ2v) is 5.64. The van der Waals surface area contributed by atoms with Crippen molar-refractivity contribution in [3.8, 4) is 0 Å². The van der Waals surface area contributed by atoms with E-state index in [-0.39, 0.29) is 17.4 Å². The molecule has 25 heavy (non-hydrogen) atoms. The van der Waals surface area contributed by atoms with Crippen LogP contribution in [-0.2, 0) is 0 Å². The van der Waals surface area contributed by atoms with Gasteiger partial charge >= 0.3 is 0 Å². The standard InChI is InChI=1S/C19H17FN4O/c1-12-4-3-5-13(2)18(12)24-19(25)16-10-17(22-11-21-16)23-15-8-6-14(20)7-9-15/h3-11H,1-2H3,(H,24,25)(H,21,22,23). The molecular formula is C19H17FN4O. The fraction of sp³-hybridized carbons (Fsp3) is 0.105. The molecule has 2 N–H and O–H groups in total. The van der Waals surface area contributed by atoms with E-state index in [1.54, 1.807) is 18.2 Å². The van der Waals surface area contributed by atoms with Gasteiger partial charge in [-0.2, -0.15) is 0 Å². The molecule has 1 amide bonds. The number of benzene rings is 2. The zero-order valence-corrected chi connectivity index (χ0v) is 13.9. The molecule has 3 aromatic rings. The van der Waals surface area contributed by atoms with Crippen molar-refractivity contribution in [2.24, 2.45) is 0 Å². The molecule has 0 aliphatic carbocycles. The number of nitrogens with zero attached hydrogens (tertiary/aromatic N) is 2. The van der Waals surface area contributed by atoms with Crippen molar-refractivity contribution in [2.75, 3.05) is 10.6 Å². The van der Waals surface area contributed by atoms with Gasteiger partial charge in [0.15, 0.2) is 0 Å². The van der Waals surface area contributed by atoms with Gasteiger partial charge in [-0.15, -0.1) is 0 Å². The molecule has 0 atom stereocenters. The molecule has 3 rings (SSSR count). The van der Waals surface area contributed by atoms with Gasteiger partial charge in [-0.05, 0) is 49.2 Å². The minimum atomic E-state index is -0.318. The van der Waals surface area contributed by atoms with Crippen molar-refractivity contribution in [3.05, 3.63) is 77.5 Å². The summed E-state index contributed by atoms with van der Waals surface area (Å²) in [5.41, 5.74) is 3.64. The molecule has 0 saturated carbocycles. The van der Waals surface area contributed by atoms with Gasteiger partial charge in [-0.3, -0.25) is 4.79 Å². The molecule has 0 saturated heterocycles. The van der Waals surface area contributed by atoms with E-state index < -0.39 is 0 Å². The van der Waals surface area contributed by atoms with Gasteiger partial charge in [-0.1, -0.05) is 18.2 Å². The third-order valence-corrected chi connectivity index (χ3v) is 3.74. The number of para-hydroxylation sites is 1. The van der Waals surface area contributed by atoms with Crippen LogP contribution in [0.2, 0.25) is 0 Å². The maximum Gasteiger partial charge on any atom is 0.274 e. The van der Waals surface area contributed by atoms with Crippen LogP contribution in [-0.4, -0.2) is 15.9 Å². The normalized spacial score (nSPS) is 10.4. The minimum Gasteiger partial charge on any atom is -0.340 e. The van der Waals surface area contributed by atoms with Crippen LogP contribution in [0.3, 0.4) is 0 Å². The molecule has 0 radical (unpaired) electrons. The van der Waals surface area contributed by atoms with E-state index in [1.807, 2.05) is 32.0 Å². The third kappa shape index (κ3) is 3.98. The maximum atomic E-state index is 13.0. The second-order valence-electron chi connectivity index (χ2n) is 5.64. The largest absolute Gasteiger partial charge is 0.340 e. The van der Waals surface area contributed by atoms with Crippen molar-refractivity contribution in [1.82, 2.24) is 9.97 Å². The fourth-order valence-corrected chi connectivity index (χ4v) is 2.42. The Balaban J connectivity index is 1.78. The lowest BCUT2D eigenvalue weighted by molar-refractivity contribution is 0.102. The lowest BCUT2D eigenvalue weighted by atomic mass is 10.1. The Kier molecular flexibility index (Phi) is 4.70. The van der Waals surface area contributed by atoms with E-state index in [4.69, 9.17) is 0 Å². The fourth-order valence-electron chi connectivity index (χ4n) is 2.42. The van der Waals surface area contributed by atoms with Crippen LogP contribution in [0.4, 0.5) is 21.6 Å². The maximum absolute atomic E-state index is 13.0. The van der Waals surface area contributed by atoms with Crippen molar-refractivity contribution in [3.63, 3.8) is 0 Å². The van der Waals surface area contributed by atoms with Crippen molar-refractivity contribution < 1.29 is 9.18 Å². The Hall–Kier alpha value is -3.28. The number of aryl methyl sites for hydroxylation is 2. The third-order valence-electron chi connectivity index (χ3n) is 3.74. The van der Waals surface area contributed by atoms with Crippen molar-refractivity contribution in [2.45, 2.75) is 13.8 Å². The van der Waals surface area contributed by atoms with E-state index in [9.17, 15) is 9.18 Å². The zero-order chi connectivity index (χ0) is 17.8. The van der Waals surface area contributed by atoms with E-state index in [0.717, 1.165) is 16.8 Å². The van der Waals surface area contributed by atoms with Gasteiger partial charge in [0, 0.05) is 17.4 Å². The summed E-state index contributed by atoms with van der Waals surface area (Å²) in [4.78, 5) is 20.6. The number of nitrogens with one attached hydrogen (secondary N) is 2. The number of amides is 1. The average Bonchev–Trinajstić information content (AvgIpc) is 2.60. The molecule has 126 valence electrons. The highest BCUT2D eigenvalue weighted by Crippen LogP contribution is 2.21. The van der Waals surface area contributed by atoms with Crippen molar-refractivity contribution in [1.29, 1.82) is 0 Å². The summed E-state index contributed by atoms with van der Waals surface area (Å²) in [6.07, 6.45) is 1.31. The molecule has 0 fully saturated rings. The number of halogens is 1. The van der Waals surface area contributed by atoms with Gasteiger partial charge in [0.1, 0.15) is 23.7 Å². The predicted octanol–water partition coefficient (Wildman–Crippen LogP) is 4.23. The smallest absolute Gasteiger partial charge is 0.274 e. The molecule has 0 bridgehead atoms. The Morgan fingerprint density at radius 2 is 1.68 bits per heavy atom. The van der Waals surface area contributed by atoms with Crippen LogP contribution in [0.5, 0.6) is 0 Å². The Morgan fingerprint density at radius 1 is 1.00 bits per heavy atom. The van der Waals surface area contributed by atoms with Crippen LogP contribution in [0.25, 0.3) is 0 Å². The molecule has 5 nitrogen and oxygen atoms in total. The van der Waals surface area contributed by atoms with Crippen LogP contribution in [0, 0.1) is 19.7 Å². The quantitative estimate of drug-likeness (QED) is 0.748. The number of carbonyl (C=O) groups is 1. The van der Waals surface area contributed by atoms with E-state index in [2.05, 4.69) is 20.6 Å². The first-order chi connectivity index (χ1) is 12.0. The van der Waals surface area contributed by atoms with E-state index >= 15 is 0 Å².